The summed E-state index contributed by atoms with van der Waals surface area (Å²) >= 11 is 0. The number of nitrogens with zero attached hydrogens (tertiary/aromatic N) is 2. The number of rotatable bonds is 2. The number of ether oxygens (including phenoxy) is 1. The summed E-state index contributed by atoms with van der Waals surface area (Å²) in [6, 6.07) is 5.95. The molecular formula is C13H9F3N2O2. The molecule has 2 rings (SSSR count). The van der Waals surface area contributed by atoms with E-state index in [-0.39, 0.29) is 17.0 Å². The van der Waals surface area contributed by atoms with Crippen molar-refractivity contribution in [3.05, 3.63) is 47.9 Å². The molecular weight excluding hydrogens is 273 g/mol. The predicted molar refractivity (Wildman–Crippen MR) is 63.8 cm³/mol. The highest BCUT2D eigenvalue weighted by Crippen LogP contribution is 2.31. The third-order valence-electron chi connectivity index (χ3n) is 2.55. The molecule has 0 fully saturated rings. The maximum Gasteiger partial charge on any atom is 0.416 e. The number of esters is 1. The van der Waals surface area contributed by atoms with E-state index in [0.717, 1.165) is 18.5 Å². The minimum Gasteiger partial charge on any atom is -0.464 e. The molecule has 0 aliphatic rings. The normalized spacial score (nSPS) is 11.2. The Kier molecular flexibility index (Phi) is 3.69. The molecule has 0 amide bonds. The number of carbonyl (C=O) groups is 1. The Morgan fingerprint density at radius 1 is 1.20 bits per heavy atom. The molecule has 0 aliphatic carbocycles. The quantitative estimate of drug-likeness (QED) is 0.795. The van der Waals surface area contributed by atoms with Crippen molar-refractivity contribution in [3.63, 3.8) is 0 Å². The molecule has 0 N–H and O–H groups in total. The Hall–Kier alpha value is -2.44. The first-order valence-corrected chi connectivity index (χ1v) is 5.50. The van der Waals surface area contributed by atoms with E-state index < -0.39 is 17.7 Å². The van der Waals surface area contributed by atoms with E-state index >= 15 is 0 Å². The van der Waals surface area contributed by atoms with Gasteiger partial charge in [0.2, 0.25) is 0 Å². The highest BCUT2D eigenvalue weighted by atomic mass is 19.4. The standard InChI is InChI=1S/C13H9F3N2O2/c1-20-12(19)11-6-10(17-7-18-11)8-3-2-4-9(5-8)13(14,15)16/h2-7H,1H3. The van der Waals surface area contributed by atoms with Gasteiger partial charge in [0.1, 0.15) is 6.33 Å². The second kappa shape index (κ2) is 5.28. The van der Waals surface area contributed by atoms with E-state index in [9.17, 15) is 18.0 Å². The van der Waals surface area contributed by atoms with E-state index in [4.69, 9.17) is 0 Å². The second-order valence-electron chi connectivity index (χ2n) is 3.86. The van der Waals surface area contributed by atoms with Crippen molar-refractivity contribution in [2.45, 2.75) is 6.18 Å². The highest BCUT2D eigenvalue weighted by molar-refractivity contribution is 5.88. The number of hydrogen-bond acceptors (Lipinski definition) is 4. The average molecular weight is 282 g/mol. The molecule has 104 valence electrons. The number of carbonyl (C=O) groups excluding carboxylic acids is 1. The molecule has 0 radical (unpaired) electrons. The van der Waals surface area contributed by atoms with Crippen LogP contribution in [0.25, 0.3) is 11.3 Å². The van der Waals surface area contributed by atoms with Crippen LogP contribution in [-0.2, 0) is 10.9 Å². The Labute approximate surface area is 112 Å². The van der Waals surface area contributed by atoms with E-state index in [1.807, 2.05) is 0 Å². The minimum absolute atomic E-state index is 0.0186. The first-order valence-electron chi connectivity index (χ1n) is 5.50. The first-order chi connectivity index (χ1) is 9.41. The Bertz CT molecular complexity index is 642. The molecule has 1 aromatic carbocycles. The lowest BCUT2D eigenvalue weighted by molar-refractivity contribution is -0.137. The van der Waals surface area contributed by atoms with Crippen molar-refractivity contribution in [1.82, 2.24) is 9.97 Å². The van der Waals surface area contributed by atoms with Gasteiger partial charge in [-0.3, -0.25) is 0 Å². The van der Waals surface area contributed by atoms with Gasteiger partial charge in [0.05, 0.1) is 18.4 Å². The van der Waals surface area contributed by atoms with Crippen molar-refractivity contribution in [3.8, 4) is 11.3 Å². The molecule has 0 aliphatic heterocycles. The largest absolute Gasteiger partial charge is 0.464 e. The fraction of sp³-hybridized carbons (Fsp3) is 0.154. The summed E-state index contributed by atoms with van der Waals surface area (Å²) in [7, 11) is 1.19. The second-order valence-corrected chi connectivity index (χ2v) is 3.86. The van der Waals surface area contributed by atoms with Gasteiger partial charge in [-0.1, -0.05) is 12.1 Å². The van der Waals surface area contributed by atoms with Crippen LogP contribution in [0.1, 0.15) is 16.1 Å². The van der Waals surface area contributed by atoms with Crippen LogP contribution in [0, 0.1) is 0 Å². The number of alkyl halides is 3. The molecule has 0 bridgehead atoms. The van der Waals surface area contributed by atoms with Crippen LogP contribution >= 0.6 is 0 Å². The average Bonchev–Trinajstić information content (AvgIpc) is 2.46. The third kappa shape index (κ3) is 2.93. The summed E-state index contributed by atoms with van der Waals surface area (Å²) in [6.45, 7) is 0. The zero-order valence-corrected chi connectivity index (χ0v) is 10.3. The van der Waals surface area contributed by atoms with E-state index in [2.05, 4.69) is 14.7 Å². The van der Waals surface area contributed by atoms with Gasteiger partial charge in [0, 0.05) is 5.56 Å². The minimum atomic E-state index is -4.44. The molecule has 4 nitrogen and oxygen atoms in total. The van der Waals surface area contributed by atoms with Gasteiger partial charge in [-0.05, 0) is 18.2 Å². The number of halogens is 3. The molecule has 0 atom stereocenters. The van der Waals surface area contributed by atoms with Gasteiger partial charge in [0.15, 0.2) is 5.69 Å². The van der Waals surface area contributed by atoms with Crippen LogP contribution in [0.5, 0.6) is 0 Å². The monoisotopic (exact) mass is 282 g/mol. The molecule has 0 spiro atoms. The number of aromatic nitrogens is 2. The molecule has 7 heteroatoms. The zero-order valence-electron chi connectivity index (χ0n) is 10.3. The summed E-state index contributed by atoms with van der Waals surface area (Å²) < 4.78 is 42.4. The summed E-state index contributed by atoms with van der Waals surface area (Å²) in [5.41, 5.74) is -0.345. The van der Waals surface area contributed by atoms with Gasteiger partial charge in [-0.25, -0.2) is 14.8 Å². The molecule has 1 heterocycles. The van der Waals surface area contributed by atoms with Crippen LogP contribution in [0.3, 0.4) is 0 Å². The molecule has 1 aromatic heterocycles. The van der Waals surface area contributed by atoms with Crippen LogP contribution < -0.4 is 0 Å². The van der Waals surface area contributed by atoms with Gasteiger partial charge >= 0.3 is 12.1 Å². The zero-order chi connectivity index (χ0) is 14.8. The van der Waals surface area contributed by atoms with Crippen molar-refractivity contribution >= 4 is 5.97 Å². The molecule has 0 saturated carbocycles. The maximum absolute atomic E-state index is 12.6. The summed E-state index contributed by atoms with van der Waals surface area (Å²) in [5, 5.41) is 0. The van der Waals surface area contributed by atoms with Crippen LogP contribution in [0.4, 0.5) is 13.2 Å². The van der Waals surface area contributed by atoms with Crippen molar-refractivity contribution in [2.75, 3.05) is 7.11 Å². The van der Waals surface area contributed by atoms with Crippen molar-refractivity contribution in [2.24, 2.45) is 0 Å². The van der Waals surface area contributed by atoms with E-state index in [1.54, 1.807) is 0 Å². The fourth-order valence-corrected chi connectivity index (χ4v) is 1.59. The Morgan fingerprint density at radius 2 is 1.95 bits per heavy atom. The Morgan fingerprint density at radius 3 is 2.60 bits per heavy atom. The SMILES string of the molecule is COC(=O)c1cc(-c2cccc(C(F)(F)F)c2)ncn1. The lowest BCUT2D eigenvalue weighted by Gasteiger charge is -2.08. The highest BCUT2D eigenvalue weighted by Gasteiger charge is 2.30. The summed E-state index contributed by atoms with van der Waals surface area (Å²) in [5.74, 6) is -0.680. The van der Waals surface area contributed by atoms with Crippen molar-refractivity contribution < 1.29 is 22.7 Å². The van der Waals surface area contributed by atoms with Crippen LogP contribution in [0.15, 0.2) is 36.7 Å². The molecule has 20 heavy (non-hydrogen) atoms. The molecule has 0 saturated heterocycles. The number of benzene rings is 1. The summed E-state index contributed by atoms with van der Waals surface area (Å²) in [6.07, 6.45) is -3.34. The number of hydrogen-bond donors (Lipinski definition) is 0. The number of methoxy groups -OCH3 is 1. The fourth-order valence-electron chi connectivity index (χ4n) is 1.59. The predicted octanol–water partition coefficient (Wildman–Crippen LogP) is 2.95. The van der Waals surface area contributed by atoms with E-state index in [1.165, 1.54) is 25.3 Å². The summed E-state index contributed by atoms with van der Waals surface area (Å²) in [4.78, 5) is 18.9. The van der Waals surface area contributed by atoms with E-state index in [0.29, 0.717) is 0 Å². The smallest absolute Gasteiger partial charge is 0.416 e. The van der Waals surface area contributed by atoms with Gasteiger partial charge in [-0.2, -0.15) is 13.2 Å². The Balaban J connectivity index is 2.44. The molecule has 0 unspecified atom stereocenters. The van der Waals surface area contributed by atoms with Crippen LogP contribution in [-0.4, -0.2) is 23.0 Å². The topological polar surface area (TPSA) is 52.1 Å². The van der Waals surface area contributed by atoms with Gasteiger partial charge in [-0.15, -0.1) is 0 Å². The first kappa shape index (κ1) is 14.0. The molecule has 2 aromatic rings. The van der Waals surface area contributed by atoms with Gasteiger partial charge in [0.25, 0.3) is 0 Å². The third-order valence-corrected chi connectivity index (χ3v) is 2.55. The van der Waals surface area contributed by atoms with Crippen molar-refractivity contribution in [1.29, 1.82) is 0 Å². The van der Waals surface area contributed by atoms with Gasteiger partial charge < -0.3 is 4.74 Å². The van der Waals surface area contributed by atoms with Crippen LogP contribution in [0.2, 0.25) is 0 Å². The maximum atomic E-state index is 12.6. The lowest BCUT2D eigenvalue weighted by atomic mass is 10.1. The lowest BCUT2D eigenvalue weighted by Crippen LogP contribution is -2.06.